The molecule has 2 aromatic heterocycles. The van der Waals surface area contributed by atoms with Crippen molar-refractivity contribution in [3.63, 3.8) is 0 Å². The summed E-state index contributed by atoms with van der Waals surface area (Å²) in [6, 6.07) is 16.4. The van der Waals surface area contributed by atoms with E-state index in [2.05, 4.69) is 44.9 Å². The fourth-order valence-electron chi connectivity index (χ4n) is 6.05. The van der Waals surface area contributed by atoms with Gasteiger partial charge in [0.1, 0.15) is 11.5 Å². The zero-order chi connectivity index (χ0) is 27.3. The van der Waals surface area contributed by atoms with Gasteiger partial charge in [0.25, 0.3) is 0 Å². The Morgan fingerprint density at radius 2 is 1.85 bits per heavy atom. The van der Waals surface area contributed by atoms with Crippen LogP contribution in [0.1, 0.15) is 56.1 Å². The first-order chi connectivity index (χ1) is 19.7. The van der Waals surface area contributed by atoms with Crippen LogP contribution in [0, 0.1) is 12.8 Å². The maximum Gasteiger partial charge on any atom is 0.228 e. The van der Waals surface area contributed by atoms with Crippen molar-refractivity contribution in [1.82, 2.24) is 20.3 Å². The Bertz CT molecular complexity index is 1490. The minimum atomic E-state index is 0.197. The SMILES string of the molecule is Cc1ccc2c(CC(=O)C3CCCCC3)cccc2c1Oc1ncccc1-c1ccnc(N[C@H]2CCCNC2)n1. The molecule has 0 spiro atoms. The highest BCUT2D eigenvalue weighted by Gasteiger charge is 2.22. The molecule has 6 rings (SSSR count). The highest BCUT2D eigenvalue weighted by atomic mass is 16.5. The van der Waals surface area contributed by atoms with E-state index in [9.17, 15) is 4.79 Å². The summed E-state index contributed by atoms with van der Waals surface area (Å²) >= 11 is 0. The van der Waals surface area contributed by atoms with Gasteiger partial charge < -0.3 is 15.4 Å². The van der Waals surface area contributed by atoms with Gasteiger partial charge >= 0.3 is 0 Å². The number of nitrogens with one attached hydrogen (secondary N) is 2. The van der Waals surface area contributed by atoms with Gasteiger partial charge in [-0.1, -0.05) is 49.6 Å². The number of Topliss-reactive ketones (excluding diaryl/α,β-unsaturated/α-hetero) is 1. The maximum absolute atomic E-state index is 13.1. The number of nitrogens with zero attached hydrogens (tertiary/aromatic N) is 3. The third-order valence-corrected chi connectivity index (χ3v) is 8.26. The Balaban J connectivity index is 1.29. The fourth-order valence-corrected chi connectivity index (χ4v) is 6.05. The van der Waals surface area contributed by atoms with Gasteiger partial charge in [-0.3, -0.25) is 4.79 Å². The second kappa shape index (κ2) is 12.1. The largest absolute Gasteiger partial charge is 0.437 e. The van der Waals surface area contributed by atoms with Crippen molar-refractivity contribution in [3.8, 4) is 22.9 Å². The summed E-state index contributed by atoms with van der Waals surface area (Å²) in [6.45, 7) is 4.01. The van der Waals surface area contributed by atoms with E-state index >= 15 is 0 Å². The molecule has 2 aromatic carbocycles. The Labute approximate surface area is 235 Å². The van der Waals surface area contributed by atoms with Crippen molar-refractivity contribution in [2.45, 2.75) is 64.3 Å². The average molecular weight is 536 g/mol. The molecule has 1 atom stereocenters. The Morgan fingerprint density at radius 3 is 2.70 bits per heavy atom. The van der Waals surface area contributed by atoms with Gasteiger partial charge in [-0.25, -0.2) is 15.0 Å². The number of aromatic nitrogens is 3. The topological polar surface area (TPSA) is 89.0 Å². The molecule has 4 aromatic rings. The third kappa shape index (κ3) is 5.85. The number of carbonyl (C=O) groups is 1. The number of carbonyl (C=O) groups excluding carboxylic acids is 1. The fraction of sp³-hybridized carbons (Fsp3) is 0.394. The Kier molecular flexibility index (Phi) is 8.00. The summed E-state index contributed by atoms with van der Waals surface area (Å²) in [7, 11) is 0. The van der Waals surface area contributed by atoms with E-state index < -0.39 is 0 Å². The number of benzene rings is 2. The molecule has 7 heteroatoms. The number of ether oxygens (including phenoxy) is 1. The van der Waals surface area contributed by atoms with Crippen molar-refractivity contribution in [1.29, 1.82) is 0 Å². The summed E-state index contributed by atoms with van der Waals surface area (Å²) in [5.41, 5.74) is 3.62. The zero-order valence-electron chi connectivity index (χ0n) is 23.2. The molecule has 206 valence electrons. The molecule has 1 saturated heterocycles. The van der Waals surface area contributed by atoms with E-state index in [0.29, 0.717) is 30.1 Å². The van der Waals surface area contributed by atoms with Crippen LogP contribution in [0.25, 0.3) is 22.0 Å². The van der Waals surface area contributed by atoms with Gasteiger partial charge in [-0.05, 0) is 73.9 Å². The van der Waals surface area contributed by atoms with Crippen LogP contribution in [0.4, 0.5) is 5.95 Å². The quantitative estimate of drug-likeness (QED) is 0.261. The van der Waals surface area contributed by atoms with Crippen LogP contribution in [-0.4, -0.2) is 39.9 Å². The molecule has 2 N–H and O–H groups in total. The first-order valence-electron chi connectivity index (χ1n) is 14.6. The van der Waals surface area contributed by atoms with E-state index in [1.54, 1.807) is 12.4 Å². The normalized spacial score (nSPS) is 18.0. The summed E-state index contributed by atoms with van der Waals surface area (Å²) < 4.78 is 6.59. The second-order valence-corrected chi connectivity index (χ2v) is 11.1. The van der Waals surface area contributed by atoms with E-state index in [4.69, 9.17) is 9.72 Å². The van der Waals surface area contributed by atoms with E-state index in [1.807, 2.05) is 31.2 Å². The van der Waals surface area contributed by atoms with Gasteiger partial charge in [0, 0.05) is 42.7 Å². The van der Waals surface area contributed by atoms with Crippen molar-refractivity contribution in [2.24, 2.45) is 5.92 Å². The highest BCUT2D eigenvalue weighted by Crippen LogP contribution is 2.38. The van der Waals surface area contributed by atoms with Crippen LogP contribution in [0.2, 0.25) is 0 Å². The summed E-state index contributed by atoms with van der Waals surface area (Å²) in [6.07, 6.45) is 11.8. The standard InChI is InChI=1S/C33H37N5O2/c1-22-14-15-26-24(20-30(39)23-8-3-2-4-9-23)10-5-12-27(26)31(22)40-32-28(13-7-18-35-32)29-16-19-36-33(38-29)37-25-11-6-17-34-21-25/h5,7,10,12-16,18-19,23,25,34H,2-4,6,8-9,11,17,20-21H2,1H3,(H,36,37,38)/t25-/m0/s1. The van der Waals surface area contributed by atoms with E-state index in [1.165, 1.54) is 6.42 Å². The molecule has 0 radical (unpaired) electrons. The van der Waals surface area contributed by atoms with E-state index in [-0.39, 0.29) is 5.92 Å². The smallest absolute Gasteiger partial charge is 0.228 e. The number of anilines is 1. The third-order valence-electron chi connectivity index (χ3n) is 8.26. The average Bonchev–Trinajstić information content (AvgIpc) is 3.00. The molecular weight excluding hydrogens is 498 g/mol. The molecule has 3 heterocycles. The molecule has 0 bridgehead atoms. The lowest BCUT2D eigenvalue weighted by molar-refractivity contribution is -0.123. The van der Waals surface area contributed by atoms with Crippen LogP contribution < -0.4 is 15.4 Å². The Hall–Kier alpha value is -3.84. The van der Waals surface area contributed by atoms with Crippen molar-refractivity contribution in [3.05, 3.63) is 72.1 Å². The minimum Gasteiger partial charge on any atom is -0.437 e. The number of hydrogen-bond donors (Lipinski definition) is 2. The maximum atomic E-state index is 13.1. The van der Waals surface area contributed by atoms with Crippen LogP contribution in [0.15, 0.2) is 60.9 Å². The van der Waals surface area contributed by atoms with Crippen LogP contribution in [0.3, 0.4) is 0 Å². The van der Waals surface area contributed by atoms with Gasteiger partial charge in [0.2, 0.25) is 11.8 Å². The number of aryl methyl sites for hydroxylation is 1. The molecule has 7 nitrogen and oxygen atoms in total. The number of hydrogen-bond acceptors (Lipinski definition) is 7. The Morgan fingerprint density at radius 1 is 0.950 bits per heavy atom. The van der Waals surface area contributed by atoms with Gasteiger partial charge in [0.15, 0.2) is 0 Å². The van der Waals surface area contributed by atoms with Crippen molar-refractivity contribution in [2.75, 3.05) is 18.4 Å². The lowest BCUT2D eigenvalue weighted by atomic mass is 9.83. The summed E-state index contributed by atoms with van der Waals surface area (Å²) in [5, 5.41) is 8.93. The zero-order valence-corrected chi connectivity index (χ0v) is 23.2. The van der Waals surface area contributed by atoms with Crippen LogP contribution in [0.5, 0.6) is 11.6 Å². The molecule has 0 unspecified atom stereocenters. The number of fused-ring (bicyclic) bond motifs is 1. The first-order valence-corrected chi connectivity index (χ1v) is 14.6. The number of pyridine rings is 1. The van der Waals surface area contributed by atoms with Crippen LogP contribution >= 0.6 is 0 Å². The second-order valence-electron chi connectivity index (χ2n) is 11.1. The highest BCUT2D eigenvalue weighted by molar-refractivity contribution is 5.95. The number of ketones is 1. The van der Waals surface area contributed by atoms with Crippen LogP contribution in [-0.2, 0) is 11.2 Å². The molecular formula is C33H37N5O2. The van der Waals surface area contributed by atoms with E-state index in [0.717, 1.165) is 90.5 Å². The molecule has 1 saturated carbocycles. The lowest BCUT2D eigenvalue weighted by Gasteiger charge is -2.23. The van der Waals surface area contributed by atoms with Crippen molar-refractivity contribution < 1.29 is 9.53 Å². The van der Waals surface area contributed by atoms with Gasteiger partial charge in [-0.15, -0.1) is 0 Å². The molecule has 1 aliphatic carbocycles. The predicted octanol–water partition coefficient (Wildman–Crippen LogP) is 6.65. The summed E-state index contributed by atoms with van der Waals surface area (Å²) in [5.74, 6) is 2.41. The number of piperidine rings is 1. The molecule has 2 aliphatic rings. The van der Waals surface area contributed by atoms with Gasteiger partial charge in [0.05, 0.1) is 11.3 Å². The molecule has 1 aliphatic heterocycles. The summed E-state index contributed by atoms with van der Waals surface area (Å²) in [4.78, 5) is 27.0. The van der Waals surface area contributed by atoms with Crippen molar-refractivity contribution >= 4 is 22.5 Å². The number of rotatable bonds is 8. The molecule has 40 heavy (non-hydrogen) atoms. The molecule has 2 fully saturated rings. The predicted molar refractivity (Wildman–Crippen MR) is 159 cm³/mol. The lowest BCUT2D eigenvalue weighted by Crippen LogP contribution is -2.38. The minimum absolute atomic E-state index is 0.197. The molecule has 0 amide bonds. The van der Waals surface area contributed by atoms with Gasteiger partial charge in [-0.2, -0.15) is 0 Å². The first kappa shape index (κ1) is 26.4. The monoisotopic (exact) mass is 535 g/mol.